The van der Waals surface area contributed by atoms with Crippen molar-refractivity contribution in [2.24, 2.45) is 5.73 Å². The molecule has 4 heteroatoms. The standard InChI is InChI=1S/C9H12N4/c10-9(11)12-13-6-5-7-3-1-2-4-8(7)13/h1-4H,5-6H2,(H4,10,11,12). The van der Waals surface area contributed by atoms with Crippen molar-refractivity contribution < 1.29 is 0 Å². The van der Waals surface area contributed by atoms with E-state index in [-0.39, 0.29) is 5.96 Å². The Kier molecular flexibility index (Phi) is 1.81. The second-order valence-electron chi connectivity index (χ2n) is 3.06. The molecule has 1 aliphatic heterocycles. The van der Waals surface area contributed by atoms with Crippen LogP contribution >= 0.6 is 0 Å². The summed E-state index contributed by atoms with van der Waals surface area (Å²) in [6.45, 7) is 0.874. The van der Waals surface area contributed by atoms with E-state index < -0.39 is 0 Å². The molecule has 0 unspecified atom stereocenters. The third-order valence-electron chi connectivity index (χ3n) is 2.14. The molecule has 2 rings (SSSR count). The summed E-state index contributed by atoms with van der Waals surface area (Å²) in [5, 5.41) is 9.03. The van der Waals surface area contributed by atoms with Gasteiger partial charge in [-0.1, -0.05) is 18.2 Å². The second-order valence-corrected chi connectivity index (χ2v) is 3.06. The molecule has 0 saturated heterocycles. The van der Waals surface area contributed by atoms with Crippen LogP contribution in [0.5, 0.6) is 0 Å². The van der Waals surface area contributed by atoms with Crippen molar-refractivity contribution in [3.63, 3.8) is 0 Å². The van der Waals surface area contributed by atoms with Gasteiger partial charge in [0.1, 0.15) is 0 Å². The molecule has 68 valence electrons. The molecule has 0 radical (unpaired) electrons. The van der Waals surface area contributed by atoms with Crippen molar-refractivity contribution in [1.29, 1.82) is 5.41 Å². The van der Waals surface area contributed by atoms with Crippen LogP contribution in [0.4, 0.5) is 5.69 Å². The van der Waals surface area contributed by atoms with E-state index in [1.165, 1.54) is 5.56 Å². The third-order valence-corrected chi connectivity index (χ3v) is 2.14. The maximum absolute atomic E-state index is 7.13. The highest BCUT2D eigenvalue weighted by molar-refractivity contribution is 5.77. The van der Waals surface area contributed by atoms with Crippen LogP contribution in [0.15, 0.2) is 24.3 Å². The van der Waals surface area contributed by atoms with Gasteiger partial charge in [-0.2, -0.15) is 0 Å². The summed E-state index contributed by atoms with van der Waals surface area (Å²) in [6.07, 6.45) is 1.01. The van der Waals surface area contributed by atoms with Gasteiger partial charge >= 0.3 is 0 Å². The lowest BCUT2D eigenvalue weighted by Crippen LogP contribution is -2.44. The summed E-state index contributed by atoms with van der Waals surface area (Å²) in [6, 6.07) is 8.13. The number of nitrogens with zero attached hydrogens (tertiary/aromatic N) is 1. The summed E-state index contributed by atoms with van der Waals surface area (Å²) in [7, 11) is 0. The largest absolute Gasteiger partial charge is 0.369 e. The Labute approximate surface area is 76.8 Å². The van der Waals surface area contributed by atoms with Gasteiger partial charge in [-0.25, -0.2) is 0 Å². The Morgan fingerprint density at radius 2 is 2.23 bits per heavy atom. The van der Waals surface area contributed by atoms with E-state index in [9.17, 15) is 0 Å². The topological polar surface area (TPSA) is 65.1 Å². The Balaban J connectivity index is 2.23. The molecule has 0 fully saturated rings. The fourth-order valence-electron chi connectivity index (χ4n) is 1.60. The average Bonchev–Trinajstić information content (AvgIpc) is 2.48. The molecule has 4 nitrogen and oxygen atoms in total. The summed E-state index contributed by atoms with van der Waals surface area (Å²) in [5.74, 6) is -0.0169. The Bertz CT molecular complexity index is 334. The molecule has 0 aliphatic carbocycles. The molecule has 1 aliphatic rings. The normalized spacial score (nSPS) is 14.0. The number of para-hydroxylation sites is 1. The molecule has 0 aromatic heterocycles. The number of hydrogen-bond acceptors (Lipinski definition) is 2. The van der Waals surface area contributed by atoms with Crippen LogP contribution in [0.1, 0.15) is 5.56 Å². The average molecular weight is 176 g/mol. The first kappa shape index (κ1) is 7.91. The fourth-order valence-corrected chi connectivity index (χ4v) is 1.60. The molecule has 4 N–H and O–H groups in total. The predicted octanol–water partition coefficient (Wildman–Crippen LogP) is 0.447. The van der Waals surface area contributed by atoms with E-state index in [2.05, 4.69) is 11.5 Å². The first-order valence-corrected chi connectivity index (χ1v) is 4.23. The Morgan fingerprint density at radius 1 is 1.46 bits per heavy atom. The van der Waals surface area contributed by atoms with E-state index in [0.717, 1.165) is 18.7 Å². The van der Waals surface area contributed by atoms with Gasteiger partial charge in [0, 0.05) is 6.54 Å². The summed E-state index contributed by atoms with van der Waals surface area (Å²) < 4.78 is 0. The molecular weight excluding hydrogens is 164 g/mol. The highest BCUT2D eigenvalue weighted by Gasteiger charge is 2.17. The van der Waals surface area contributed by atoms with Crippen molar-refractivity contribution in [2.75, 3.05) is 11.6 Å². The highest BCUT2D eigenvalue weighted by atomic mass is 15.5. The SMILES string of the molecule is N=C(N)NN1CCc2ccccc21. The van der Waals surface area contributed by atoms with E-state index in [1.807, 2.05) is 23.2 Å². The van der Waals surface area contributed by atoms with Gasteiger partial charge in [0.05, 0.1) is 5.69 Å². The number of benzene rings is 1. The molecular formula is C9H12N4. The third kappa shape index (κ3) is 1.42. The molecule has 0 spiro atoms. The monoisotopic (exact) mass is 176 g/mol. The number of guanidine groups is 1. The molecule has 1 heterocycles. The van der Waals surface area contributed by atoms with Crippen molar-refractivity contribution in [1.82, 2.24) is 5.43 Å². The van der Waals surface area contributed by atoms with E-state index in [1.54, 1.807) is 0 Å². The van der Waals surface area contributed by atoms with E-state index >= 15 is 0 Å². The maximum Gasteiger partial charge on any atom is 0.204 e. The minimum absolute atomic E-state index is 0.0169. The van der Waals surface area contributed by atoms with E-state index in [0.29, 0.717) is 0 Å². The van der Waals surface area contributed by atoms with Gasteiger partial charge < -0.3 is 5.73 Å². The molecule has 13 heavy (non-hydrogen) atoms. The fraction of sp³-hybridized carbons (Fsp3) is 0.222. The summed E-state index contributed by atoms with van der Waals surface area (Å²) in [4.78, 5) is 0. The van der Waals surface area contributed by atoms with Crippen molar-refractivity contribution >= 4 is 11.6 Å². The lowest BCUT2D eigenvalue weighted by molar-refractivity contribution is 0.791. The lowest BCUT2D eigenvalue weighted by atomic mass is 10.2. The molecule has 0 saturated carbocycles. The second kappa shape index (κ2) is 2.97. The lowest BCUT2D eigenvalue weighted by Gasteiger charge is -2.19. The van der Waals surface area contributed by atoms with Crippen molar-refractivity contribution in [2.45, 2.75) is 6.42 Å². The van der Waals surface area contributed by atoms with E-state index in [4.69, 9.17) is 11.1 Å². The van der Waals surface area contributed by atoms with Crippen LogP contribution in [0.3, 0.4) is 0 Å². The zero-order valence-corrected chi connectivity index (χ0v) is 7.25. The van der Waals surface area contributed by atoms with Crippen LogP contribution in [-0.4, -0.2) is 12.5 Å². The van der Waals surface area contributed by atoms with Gasteiger partial charge in [-0.05, 0) is 18.1 Å². The van der Waals surface area contributed by atoms with Crippen LogP contribution in [-0.2, 0) is 6.42 Å². The number of hydrogen-bond donors (Lipinski definition) is 3. The zero-order chi connectivity index (χ0) is 9.26. The number of nitrogens with one attached hydrogen (secondary N) is 2. The number of hydrazine groups is 1. The van der Waals surface area contributed by atoms with Crippen molar-refractivity contribution in [3.8, 4) is 0 Å². The van der Waals surface area contributed by atoms with Crippen LogP contribution in [0.2, 0.25) is 0 Å². The van der Waals surface area contributed by atoms with Crippen LogP contribution < -0.4 is 16.2 Å². The van der Waals surface area contributed by atoms with Crippen LogP contribution in [0.25, 0.3) is 0 Å². The maximum atomic E-state index is 7.13. The zero-order valence-electron chi connectivity index (χ0n) is 7.25. The van der Waals surface area contributed by atoms with Crippen molar-refractivity contribution in [3.05, 3.63) is 29.8 Å². The summed E-state index contributed by atoms with van der Waals surface area (Å²) >= 11 is 0. The van der Waals surface area contributed by atoms with Crippen LogP contribution in [0, 0.1) is 5.41 Å². The number of fused-ring (bicyclic) bond motifs is 1. The van der Waals surface area contributed by atoms with Gasteiger partial charge in [0.15, 0.2) is 0 Å². The number of nitrogens with two attached hydrogens (primary N) is 1. The minimum Gasteiger partial charge on any atom is -0.369 e. The smallest absolute Gasteiger partial charge is 0.204 e. The predicted molar refractivity (Wildman–Crippen MR) is 52.5 cm³/mol. The summed E-state index contributed by atoms with van der Waals surface area (Å²) in [5.41, 5.74) is 10.5. The highest BCUT2D eigenvalue weighted by Crippen LogP contribution is 2.25. The number of anilines is 1. The molecule has 1 aromatic carbocycles. The Morgan fingerprint density at radius 3 is 3.00 bits per heavy atom. The molecule has 1 aromatic rings. The van der Waals surface area contributed by atoms with Gasteiger partial charge in [0.2, 0.25) is 5.96 Å². The first-order chi connectivity index (χ1) is 6.27. The van der Waals surface area contributed by atoms with Gasteiger partial charge in [-0.3, -0.25) is 15.8 Å². The minimum atomic E-state index is -0.0169. The molecule has 0 atom stereocenters. The molecule has 0 bridgehead atoms. The number of rotatable bonds is 1. The van der Waals surface area contributed by atoms with Gasteiger partial charge in [0.25, 0.3) is 0 Å². The quantitative estimate of drug-likeness (QED) is 0.430. The van der Waals surface area contributed by atoms with Gasteiger partial charge in [-0.15, -0.1) is 0 Å². The molecule has 0 amide bonds. The Hall–Kier alpha value is -1.71. The first-order valence-electron chi connectivity index (χ1n) is 4.23.